The summed E-state index contributed by atoms with van der Waals surface area (Å²) in [7, 11) is 0. The molecular formula is C24H34FN3O3. The molecule has 2 aliphatic heterocycles. The second kappa shape index (κ2) is 9.65. The zero-order valence-electron chi connectivity index (χ0n) is 18.4. The summed E-state index contributed by atoms with van der Waals surface area (Å²) in [5.74, 6) is 0.0879. The van der Waals surface area contributed by atoms with Crippen molar-refractivity contribution >= 4 is 11.8 Å². The number of amides is 2. The highest BCUT2D eigenvalue weighted by Crippen LogP contribution is 2.48. The van der Waals surface area contributed by atoms with Gasteiger partial charge < -0.3 is 15.0 Å². The van der Waals surface area contributed by atoms with Gasteiger partial charge in [0.05, 0.1) is 18.6 Å². The molecule has 1 N–H and O–H groups in total. The molecule has 0 spiro atoms. The van der Waals surface area contributed by atoms with Crippen molar-refractivity contribution in [2.24, 2.45) is 11.3 Å². The van der Waals surface area contributed by atoms with E-state index in [9.17, 15) is 14.0 Å². The van der Waals surface area contributed by atoms with Crippen molar-refractivity contribution in [2.45, 2.75) is 45.1 Å². The quantitative estimate of drug-likeness (QED) is 0.777. The van der Waals surface area contributed by atoms with Gasteiger partial charge in [0.15, 0.2) is 0 Å². The van der Waals surface area contributed by atoms with Crippen molar-refractivity contribution < 1.29 is 18.7 Å². The van der Waals surface area contributed by atoms with Crippen molar-refractivity contribution in [3.05, 3.63) is 35.6 Å². The number of halogens is 1. The molecule has 0 aromatic heterocycles. The third kappa shape index (κ3) is 4.77. The minimum atomic E-state index is -0.540. The van der Waals surface area contributed by atoms with E-state index in [1.165, 1.54) is 6.07 Å². The first kappa shape index (κ1) is 22.2. The van der Waals surface area contributed by atoms with Gasteiger partial charge in [-0.05, 0) is 49.7 Å². The number of piperidine rings is 1. The van der Waals surface area contributed by atoms with Crippen LogP contribution in [-0.2, 0) is 20.7 Å². The van der Waals surface area contributed by atoms with Crippen LogP contribution < -0.4 is 5.32 Å². The summed E-state index contributed by atoms with van der Waals surface area (Å²) >= 11 is 0. The van der Waals surface area contributed by atoms with Gasteiger partial charge in [0.2, 0.25) is 11.8 Å². The Balaban J connectivity index is 1.44. The van der Waals surface area contributed by atoms with Gasteiger partial charge in [-0.2, -0.15) is 0 Å². The molecular weight excluding hydrogens is 397 g/mol. The number of hydrogen-bond donors (Lipinski definition) is 1. The number of ether oxygens (including phenoxy) is 1. The first-order valence-electron chi connectivity index (χ1n) is 11.6. The van der Waals surface area contributed by atoms with Gasteiger partial charge in [0.25, 0.3) is 0 Å². The number of fused-ring (bicyclic) bond motifs is 1. The van der Waals surface area contributed by atoms with E-state index in [0.717, 1.165) is 58.5 Å². The Bertz CT molecular complexity index is 798. The molecule has 2 amide bonds. The van der Waals surface area contributed by atoms with Crippen LogP contribution in [0.4, 0.5) is 4.39 Å². The Labute approximate surface area is 184 Å². The van der Waals surface area contributed by atoms with E-state index in [0.29, 0.717) is 31.1 Å². The standard InChI is InChI=1S/C24H34FN3O3/c1-18(29)28-11-8-20-16-21(27-12-14-31-15-13-27)6-9-24(20,17-28)23(30)26-10-7-19-4-2-3-5-22(19)25/h2-5,20-21H,6-17H2,1H3,(H,26,30)/t20-,21+,24-/m1/s1. The number of nitrogens with zero attached hydrogens (tertiary/aromatic N) is 2. The minimum Gasteiger partial charge on any atom is -0.379 e. The van der Waals surface area contributed by atoms with E-state index in [4.69, 9.17) is 4.74 Å². The van der Waals surface area contributed by atoms with Gasteiger partial charge in [-0.15, -0.1) is 0 Å². The number of morpholine rings is 1. The predicted octanol–water partition coefficient (Wildman–Crippen LogP) is 2.22. The van der Waals surface area contributed by atoms with Gasteiger partial charge >= 0.3 is 0 Å². The summed E-state index contributed by atoms with van der Waals surface area (Å²) < 4.78 is 19.4. The van der Waals surface area contributed by atoms with Crippen LogP contribution in [0.2, 0.25) is 0 Å². The van der Waals surface area contributed by atoms with Gasteiger partial charge in [0, 0.05) is 45.7 Å². The van der Waals surface area contributed by atoms with Crippen LogP contribution in [0.15, 0.2) is 24.3 Å². The van der Waals surface area contributed by atoms with Gasteiger partial charge in [-0.25, -0.2) is 4.39 Å². The fraction of sp³-hybridized carbons (Fsp3) is 0.667. The molecule has 6 nitrogen and oxygen atoms in total. The molecule has 3 aliphatic rings. The molecule has 4 rings (SSSR count). The molecule has 2 heterocycles. The fourth-order valence-corrected chi connectivity index (χ4v) is 5.74. The normalized spacial score (nSPS) is 29.3. The third-order valence-electron chi connectivity index (χ3n) is 7.58. The van der Waals surface area contributed by atoms with Crippen LogP contribution >= 0.6 is 0 Å². The average molecular weight is 432 g/mol. The van der Waals surface area contributed by atoms with Crippen LogP contribution in [-0.4, -0.2) is 73.6 Å². The fourth-order valence-electron chi connectivity index (χ4n) is 5.74. The summed E-state index contributed by atoms with van der Waals surface area (Å²) in [6.07, 6.45) is 4.07. The maximum absolute atomic E-state index is 13.9. The first-order valence-corrected chi connectivity index (χ1v) is 11.6. The largest absolute Gasteiger partial charge is 0.379 e. The second-order valence-electron chi connectivity index (χ2n) is 9.26. The molecule has 3 atom stereocenters. The van der Waals surface area contributed by atoms with Crippen molar-refractivity contribution in [1.29, 1.82) is 0 Å². The lowest BCUT2D eigenvalue weighted by molar-refractivity contribution is -0.150. The smallest absolute Gasteiger partial charge is 0.228 e. The third-order valence-corrected chi connectivity index (χ3v) is 7.58. The molecule has 0 radical (unpaired) electrons. The predicted molar refractivity (Wildman–Crippen MR) is 116 cm³/mol. The Morgan fingerprint density at radius 3 is 2.71 bits per heavy atom. The van der Waals surface area contributed by atoms with E-state index >= 15 is 0 Å². The van der Waals surface area contributed by atoms with Crippen LogP contribution in [0.5, 0.6) is 0 Å². The van der Waals surface area contributed by atoms with E-state index in [2.05, 4.69) is 10.2 Å². The SMILES string of the molecule is CC(=O)N1CC[C@@H]2C[C@@H](N3CCOCC3)CC[C@@]2(C(=O)NCCc2ccccc2F)C1. The van der Waals surface area contributed by atoms with Gasteiger partial charge in [-0.3, -0.25) is 14.5 Å². The highest BCUT2D eigenvalue weighted by Gasteiger charge is 2.52. The number of carbonyl (C=O) groups is 2. The lowest BCUT2D eigenvalue weighted by Gasteiger charge is -2.53. The van der Waals surface area contributed by atoms with Gasteiger partial charge in [-0.1, -0.05) is 18.2 Å². The number of likely N-dealkylation sites (tertiary alicyclic amines) is 1. The zero-order chi connectivity index (χ0) is 21.8. The van der Waals surface area contributed by atoms with Crippen LogP contribution in [0.3, 0.4) is 0 Å². The lowest BCUT2D eigenvalue weighted by atomic mass is 9.61. The van der Waals surface area contributed by atoms with Crippen molar-refractivity contribution in [3.8, 4) is 0 Å². The van der Waals surface area contributed by atoms with E-state index in [-0.39, 0.29) is 23.5 Å². The Hall–Kier alpha value is -1.99. The Morgan fingerprint density at radius 2 is 1.97 bits per heavy atom. The molecule has 170 valence electrons. The summed E-state index contributed by atoms with van der Waals surface area (Å²) in [4.78, 5) is 30.0. The topological polar surface area (TPSA) is 61.9 Å². The van der Waals surface area contributed by atoms with Crippen LogP contribution in [0.1, 0.15) is 38.2 Å². The molecule has 3 fully saturated rings. The number of nitrogens with one attached hydrogen (secondary N) is 1. The Kier molecular flexibility index (Phi) is 6.92. The maximum Gasteiger partial charge on any atom is 0.228 e. The molecule has 1 aromatic rings. The highest BCUT2D eigenvalue weighted by atomic mass is 19.1. The lowest BCUT2D eigenvalue weighted by Crippen LogP contribution is -2.61. The maximum atomic E-state index is 13.9. The second-order valence-corrected chi connectivity index (χ2v) is 9.26. The summed E-state index contributed by atoms with van der Waals surface area (Å²) in [6.45, 7) is 6.68. The molecule has 1 aromatic carbocycles. The molecule has 1 saturated carbocycles. The number of hydrogen-bond acceptors (Lipinski definition) is 4. The summed E-state index contributed by atoms with van der Waals surface area (Å²) in [5, 5.41) is 3.09. The molecule has 0 unspecified atom stereocenters. The van der Waals surface area contributed by atoms with Crippen LogP contribution in [0.25, 0.3) is 0 Å². The average Bonchev–Trinajstić information content (AvgIpc) is 2.80. The van der Waals surface area contributed by atoms with Crippen molar-refractivity contribution in [1.82, 2.24) is 15.1 Å². The minimum absolute atomic E-state index is 0.0280. The molecule has 1 aliphatic carbocycles. The van der Waals surface area contributed by atoms with Gasteiger partial charge in [0.1, 0.15) is 5.82 Å². The number of carbonyl (C=O) groups excluding carboxylic acids is 2. The summed E-state index contributed by atoms with van der Waals surface area (Å²) in [6, 6.07) is 7.18. The molecule has 2 saturated heterocycles. The van der Waals surface area contributed by atoms with E-state index < -0.39 is 5.41 Å². The summed E-state index contributed by atoms with van der Waals surface area (Å²) in [5.41, 5.74) is 0.0731. The molecule has 0 bridgehead atoms. The monoisotopic (exact) mass is 431 g/mol. The highest BCUT2D eigenvalue weighted by molar-refractivity contribution is 5.85. The zero-order valence-corrected chi connectivity index (χ0v) is 18.4. The number of rotatable bonds is 5. The molecule has 31 heavy (non-hydrogen) atoms. The first-order chi connectivity index (χ1) is 15.0. The van der Waals surface area contributed by atoms with Crippen LogP contribution in [0, 0.1) is 17.2 Å². The van der Waals surface area contributed by atoms with E-state index in [1.54, 1.807) is 19.1 Å². The molecule has 7 heteroatoms. The Morgan fingerprint density at radius 1 is 1.19 bits per heavy atom. The van der Waals surface area contributed by atoms with Crippen molar-refractivity contribution in [3.63, 3.8) is 0 Å². The van der Waals surface area contributed by atoms with E-state index in [1.807, 2.05) is 11.0 Å². The number of benzene rings is 1. The van der Waals surface area contributed by atoms with Crippen molar-refractivity contribution in [2.75, 3.05) is 45.9 Å².